The lowest BCUT2D eigenvalue weighted by Gasteiger charge is -2.55. The number of ether oxygens (including phenoxy) is 3. The second-order valence-electron chi connectivity index (χ2n) is 7.39. The average Bonchev–Trinajstić information content (AvgIpc) is 2.58. The van der Waals surface area contributed by atoms with Crippen molar-refractivity contribution >= 4 is 5.78 Å². The minimum Gasteiger partial charge on any atom is -0.391 e. The highest BCUT2D eigenvalue weighted by molar-refractivity contribution is 5.87. The Hall–Kier alpha value is -0.610. The zero-order valence-electron chi connectivity index (χ0n) is 14.9. The third-order valence-electron chi connectivity index (χ3n) is 5.71. The molecule has 2 saturated heterocycles. The summed E-state index contributed by atoms with van der Waals surface area (Å²) in [5.74, 6) is -3.11. The first-order valence-electron chi connectivity index (χ1n) is 9.11. The van der Waals surface area contributed by atoms with Crippen LogP contribution in [0.4, 0.5) is 0 Å². The fourth-order valence-electron chi connectivity index (χ4n) is 4.09. The number of likely N-dealkylation sites (N-methyl/N-ethyl adjacent to an activating group) is 1. The zero-order chi connectivity index (χ0) is 18.4. The summed E-state index contributed by atoms with van der Waals surface area (Å²) in [6.07, 6.45) is -2.53. The number of hydrogen-bond donors (Lipinski definition) is 4. The van der Waals surface area contributed by atoms with Crippen molar-refractivity contribution in [3.8, 4) is 0 Å². The van der Waals surface area contributed by atoms with E-state index in [2.05, 4.69) is 12.2 Å². The number of ketones is 1. The molecule has 4 N–H and O–H groups in total. The van der Waals surface area contributed by atoms with Gasteiger partial charge in [0, 0.05) is 12.3 Å². The van der Waals surface area contributed by atoms with Crippen LogP contribution in [-0.2, 0) is 19.0 Å². The smallest absolute Gasteiger partial charge is 0.280 e. The van der Waals surface area contributed by atoms with E-state index in [1.165, 1.54) is 0 Å². The van der Waals surface area contributed by atoms with Crippen molar-refractivity contribution < 1.29 is 34.3 Å². The summed E-state index contributed by atoms with van der Waals surface area (Å²) in [4.78, 5) is 12.5. The van der Waals surface area contributed by atoms with Gasteiger partial charge in [-0.3, -0.25) is 4.79 Å². The van der Waals surface area contributed by atoms with Gasteiger partial charge in [0.2, 0.25) is 6.29 Å². The number of Topliss-reactive ketones (excluding diaryl/α,β-unsaturated/α-hetero) is 1. The summed E-state index contributed by atoms with van der Waals surface area (Å²) in [7, 11) is 1.64. The van der Waals surface area contributed by atoms with Crippen LogP contribution in [0.5, 0.6) is 0 Å². The molecule has 3 unspecified atom stereocenters. The van der Waals surface area contributed by atoms with Gasteiger partial charge in [-0.1, -0.05) is 26.7 Å². The quantitative estimate of drug-likeness (QED) is 0.520. The van der Waals surface area contributed by atoms with Gasteiger partial charge in [-0.2, -0.15) is 0 Å². The topological polar surface area (TPSA) is 117 Å². The summed E-state index contributed by atoms with van der Waals surface area (Å²) in [5.41, 5.74) is 0. The van der Waals surface area contributed by atoms with E-state index in [-0.39, 0.29) is 12.5 Å². The third-order valence-corrected chi connectivity index (χ3v) is 5.71. The van der Waals surface area contributed by atoms with E-state index in [1.807, 2.05) is 0 Å². The molecule has 9 atom stereocenters. The number of aliphatic hydroxyl groups is 3. The highest BCUT2D eigenvalue weighted by Crippen LogP contribution is 2.42. The maximum atomic E-state index is 12.5. The van der Waals surface area contributed by atoms with Crippen LogP contribution in [0.15, 0.2) is 0 Å². The molecule has 25 heavy (non-hydrogen) atoms. The maximum absolute atomic E-state index is 12.5. The van der Waals surface area contributed by atoms with E-state index < -0.39 is 54.2 Å². The Balaban J connectivity index is 1.81. The van der Waals surface area contributed by atoms with E-state index in [0.717, 1.165) is 12.8 Å². The number of hydrogen-bond acceptors (Lipinski definition) is 8. The highest BCUT2D eigenvalue weighted by atomic mass is 16.8. The van der Waals surface area contributed by atoms with Crippen LogP contribution in [0.3, 0.4) is 0 Å². The summed E-state index contributed by atoms with van der Waals surface area (Å²) >= 11 is 0. The zero-order valence-corrected chi connectivity index (χ0v) is 14.9. The number of carbonyl (C=O) groups is 1. The van der Waals surface area contributed by atoms with Crippen LogP contribution in [-0.4, -0.2) is 76.8 Å². The standard InChI is InChI=1S/C17H29NO7/c1-4-5-6-9-7-10(19)17(22)16(23-9)24-15-13(21)11(18-3)12(20)8(2)14(15)25-17/h8-9,11-16,18,20-22H,4-7H2,1-3H3/t8-,9+,11+,12+,13-,14?,15?,16?,17-/m0/s1. The Morgan fingerprint density at radius 3 is 2.60 bits per heavy atom. The molecular weight excluding hydrogens is 330 g/mol. The Kier molecular flexibility index (Phi) is 5.51. The lowest BCUT2D eigenvalue weighted by molar-refractivity contribution is -0.424. The van der Waals surface area contributed by atoms with Gasteiger partial charge in [-0.15, -0.1) is 0 Å². The van der Waals surface area contributed by atoms with Crippen molar-refractivity contribution in [3.05, 3.63) is 0 Å². The molecule has 0 aromatic rings. The van der Waals surface area contributed by atoms with Crippen LogP contribution in [0.1, 0.15) is 39.5 Å². The SMILES string of the molecule is CCCC[C@@H]1CC(=O)[C@]2(O)OC3C(OC2O1)[C@@H](O)[C@H](NC)[C@H](O)[C@@H]3C. The molecule has 0 bridgehead atoms. The monoisotopic (exact) mass is 359 g/mol. The first kappa shape index (κ1) is 19.2. The second-order valence-corrected chi connectivity index (χ2v) is 7.39. The van der Waals surface area contributed by atoms with Crippen molar-refractivity contribution in [2.45, 2.75) is 88.2 Å². The minimum atomic E-state index is -2.19. The predicted molar refractivity (Wildman–Crippen MR) is 86.5 cm³/mol. The Morgan fingerprint density at radius 2 is 1.96 bits per heavy atom. The van der Waals surface area contributed by atoms with Crippen LogP contribution in [0, 0.1) is 5.92 Å². The van der Waals surface area contributed by atoms with E-state index in [1.54, 1.807) is 14.0 Å². The number of aliphatic hydroxyl groups excluding tert-OH is 2. The number of fused-ring (bicyclic) bond motifs is 2. The van der Waals surface area contributed by atoms with E-state index in [9.17, 15) is 20.1 Å². The van der Waals surface area contributed by atoms with E-state index in [0.29, 0.717) is 6.42 Å². The second kappa shape index (κ2) is 7.19. The van der Waals surface area contributed by atoms with Crippen molar-refractivity contribution in [2.24, 2.45) is 5.92 Å². The van der Waals surface area contributed by atoms with Gasteiger partial charge in [0.25, 0.3) is 5.79 Å². The van der Waals surface area contributed by atoms with Gasteiger partial charge < -0.3 is 34.8 Å². The molecule has 2 aliphatic heterocycles. The molecular formula is C17H29NO7. The normalized spacial score (nSPS) is 50.2. The van der Waals surface area contributed by atoms with Gasteiger partial charge in [0.05, 0.1) is 24.4 Å². The molecule has 144 valence electrons. The Morgan fingerprint density at radius 1 is 1.24 bits per heavy atom. The third kappa shape index (κ3) is 3.14. The largest absolute Gasteiger partial charge is 0.391 e. The molecule has 3 rings (SSSR count). The number of unbranched alkanes of at least 4 members (excludes halogenated alkanes) is 1. The number of nitrogens with one attached hydrogen (secondary N) is 1. The van der Waals surface area contributed by atoms with Gasteiger partial charge in [-0.05, 0) is 13.5 Å². The molecule has 3 fully saturated rings. The molecule has 1 aliphatic carbocycles. The lowest BCUT2D eigenvalue weighted by Crippen LogP contribution is -2.74. The summed E-state index contributed by atoms with van der Waals surface area (Å²) < 4.78 is 17.3. The van der Waals surface area contributed by atoms with Crippen LogP contribution >= 0.6 is 0 Å². The van der Waals surface area contributed by atoms with Gasteiger partial charge >= 0.3 is 0 Å². The van der Waals surface area contributed by atoms with E-state index >= 15 is 0 Å². The highest BCUT2D eigenvalue weighted by Gasteiger charge is 2.63. The maximum Gasteiger partial charge on any atom is 0.280 e. The van der Waals surface area contributed by atoms with Crippen molar-refractivity contribution in [3.63, 3.8) is 0 Å². The number of rotatable bonds is 4. The first-order valence-corrected chi connectivity index (χ1v) is 9.11. The summed E-state index contributed by atoms with van der Waals surface area (Å²) in [6.45, 7) is 3.79. The fourth-order valence-corrected chi connectivity index (χ4v) is 4.09. The molecule has 8 heteroatoms. The molecule has 2 heterocycles. The molecule has 0 radical (unpaired) electrons. The average molecular weight is 359 g/mol. The van der Waals surface area contributed by atoms with Crippen molar-refractivity contribution in [2.75, 3.05) is 7.05 Å². The molecule has 1 saturated carbocycles. The van der Waals surface area contributed by atoms with Crippen molar-refractivity contribution in [1.82, 2.24) is 5.32 Å². The van der Waals surface area contributed by atoms with Gasteiger partial charge in [0.1, 0.15) is 12.2 Å². The molecule has 3 aliphatic rings. The molecule has 0 spiro atoms. The summed E-state index contributed by atoms with van der Waals surface area (Å²) in [6, 6.07) is -0.596. The van der Waals surface area contributed by atoms with Crippen LogP contribution in [0.25, 0.3) is 0 Å². The minimum absolute atomic E-state index is 0.0619. The van der Waals surface area contributed by atoms with E-state index in [4.69, 9.17) is 14.2 Å². The first-order chi connectivity index (χ1) is 11.8. The van der Waals surface area contributed by atoms with Crippen LogP contribution in [0.2, 0.25) is 0 Å². The number of carbonyl (C=O) groups excluding carboxylic acids is 1. The molecule has 0 amide bonds. The fraction of sp³-hybridized carbons (Fsp3) is 0.941. The summed E-state index contributed by atoms with van der Waals surface area (Å²) in [5, 5.41) is 34.6. The Bertz CT molecular complexity index is 503. The van der Waals surface area contributed by atoms with Crippen LogP contribution < -0.4 is 5.32 Å². The Labute approximate surface area is 147 Å². The molecule has 0 aromatic carbocycles. The predicted octanol–water partition coefficient (Wildman–Crippen LogP) is -0.707. The lowest BCUT2D eigenvalue weighted by atomic mass is 9.77. The molecule has 0 aromatic heterocycles. The van der Waals surface area contributed by atoms with Crippen molar-refractivity contribution in [1.29, 1.82) is 0 Å². The van der Waals surface area contributed by atoms with Gasteiger partial charge in [-0.25, -0.2) is 0 Å². The molecule has 8 nitrogen and oxygen atoms in total. The van der Waals surface area contributed by atoms with Gasteiger partial charge in [0.15, 0.2) is 5.78 Å².